The number of nitrogens with two attached hydrogens (primary N) is 1. The quantitative estimate of drug-likeness (QED) is 0.0152. The van der Waals surface area contributed by atoms with Crippen LogP contribution in [0.4, 0.5) is 5.69 Å². The third kappa shape index (κ3) is 23.4. The van der Waals surface area contributed by atoms with Crippen molar-refractivity contribution in [2.45, 2.75) is 236 Å². The van der Waals surface area contributed by atoms with Crippen LogP contribution in [0.2, 0.25) is 0 Å². The van der Waals surface area contributed by atoms with E-state index in [1.54, 1.807) is 30.3 Å². The summed E-state index contributed by atoms with van der Waals surface area (Å²) < 4.78 is 24.8. The minimum absolute atomic E-state index is 0. The zero-order valence-corrected chi connectivity index (χ0v) is 52.5. The van der Waals surface area contributed by atoms with Crippen molar-refractivity contribution in [2.75, 3.05) is 13.7 Å². The number of rotatable bonds is 35. The number of aliphatic hydroxyl groups excluding tert-OH is 3. The molecule has 11 N–H and O–H groups in total. The van der Waals surface area contributed by atoms with E-state index in [0.29, 0.717) is 24.8 Å². The van der Waals surface area contributed by atoms with E-state index in [2.05, 4.69) is 40.4 Å². The van der Waals surface area contributed by atoms with E-state index in [1.807, 2.05) is 13.8 Å². The van der Waals surface area contributed by atoms with Gasteiger partial charge in [0.1, 0.15) is 36.4 Å². The summed E-state index contributed by atoms with van der Waals surface area (Å²) in [7, 11) is 1.20. The summed E-state index contributed by atoms with van der Waals surface area (Å²) in [5.41, 5.74) is 6.18. The van der Waals surface area contributed by atoms with Gasteiger partial charge in [0, 0.05) is 31.7 Å². The minimum Gasteiger partial charge on any atom is -0.490 e. The molecule has 0 spiro atoms. The number of aliphatic carboxylic acids is 1. The molecule has 5 amide bonds. The second-order valence-electron chi connectivity index (χ2n) is 23.4. The average Bonchev–Trinajstić information content (AvgIpc) is 1.60. The Labute approximate surface area is 523 Å². The molecular weight excluding hydrogens is 1160 g/mol. The SMILES string of the molecule is CCCCCCCCCCCC(=O)N[C@H]1[C@H](Oc2cc3cc(c2OC)Oc2ccc(cc2[N+](=O)[O-])C[C@H](NC(=O)[C@H](N)CC(C)C)C(=O)N[C@H](Cc2ccccc2)C(=O)N[C@H]3[C@@H](NC(=O)CCCCCCCCCCC)C(=O)O)O[C@H](CO)[C@@H](O)[C@@H]1O.Cl. The highest BCUT2D eigenvalue weighted by atomic mass is 35.5. The van der Waals surface area contributed by atoms with Gasteiger partial charge in [-0.05, 0) is 60.1 Å². The van der Waals surface area contributed by atoms with E-state index < -0.39 is 119 Å². The number of unbranched alkanes of at least 4 members (excludes halogenated alkanes) is 16. The van der Waals surface area contributed by atoms with Crippen LogP contribution in [0.3, 0.4) is 0 Å². The fourth-order valence-electron chi connectivity index (χ4n) is 10.9. The number of methoxy groups -OCH3 is 1. The number of hydrogen-bond donors (Lipinski definition) is 10. The molecule has 3 aromatic rings. The van der Waals surface area contributed by atoms with Crippen molar-refractivity contribution in [3.05, 3.63) is 87.5 Å². The first kappa shape index (κ1) is 73.8. The predicted molar refractivity (Wildman–Crippen MR) is 333 cm³/mol. The van der Waals surface area contributed by atoms with Crippen LogP contribution in [0, 0.1) is 16.0 Å². The Morgan fingerprint density at radius 2 is 1.36 bits per heavy atom. The molecular formula is C64H96ClN7O16. The highest BCUT2D eigenvalue weighted by molar-refractivity contribution is 5.94. The average molecular weight is 1250 g/mol. The highest BCUT2D eigenvalue weighted by Gasteiger charge is 2.47. The lowest BCUT2D eigenvalue weighted by Crippen LogP contribution is -2.65. The van der Waals surface area contributed by atoms with Gasteiger partial charge in [-0.15, -0.1) is 12.4 Å². The Morgan fingerprint density at radius 1 is 0.773 bits per heavy atom. The van der Waals surface area contributed by atoms with Crippen LogP contribution in [-0.2, 0) is 46.3 Å². The van der Waals surface area contributed by atoms with Gasteiger partial charge in [0.15, 0.2) is 17.5 Å². The van der Waals surface area contributed by atoms with E-state index in [0.717, 1.165) is 89.5 Å². The van der Waals surface area contributed by atoms with Crippen molar-refractivity contribution in [1.29, 1.82) is 0 Å². The number of carbonyl (C=O) groups excluding carboxylic acids is 5. The number of carboxylic acids is 1. The lowest BCUT2D eigenvalue weighted by Gasteiger charge is -2.42. The summed E-state index contributed by atoms with van der Waals surface area (Å²) in [4.78, 5) is 97.4. The molecule has 10 atom stereocenters. The zero-order valence-electron chi connectivity index (χ0n) is 51.7. The number of carbonyl (C=O) groups is 6. The first-order valence-electron chi connectivity index (χ1n) is 31.3. The lowest BCUT2D eigenvalue weighted by molar-refractivity contribution is -0.385. The fraction of sp³-hybridized carbons (Fsp3) is 0.625. The maximum absolute atomic E-state index is 15.3. The van der Waals surface area contributed by atoms with Gasteiger partial charge in [0.25, 0.3) is 0 Å². The molecule has 4 bridgehead atoms. The zero-order chi connectivity index (χ0) is 63.4. The number of nitrogens with zero attached hydrogens (tertiary/aromatic N) is 1. The fourth-order valence-corrected chi connectivity index (χ4v) is 10.9. The van der Waals surface area contributed by atoms with Crippen molar-refractivity contribution in [2.24, 2.45) is 11.7 Å². The summed E-state index contributed by atoms with van der Waals surface area (Å²) >= 11 is 0. The molecule has 0 aliphatic carbocycles. The molecule has 0 saturated carbocycles. The monoisotopic (exact) mass is 1250 g/mol. The Hall–Kier alpha value is -6.63. The number of ether oxygens (including phenoxy) is 4. The van der Waals surface area contributed by atoms with Crippen LogP contribution in [0.15, 0.2) is 60.7 Å². The largest absolute Gasteiger partial charge is 0.490 e. The van der Waals surface area contributed by atoms with Gasteiger partial charge in [0.05, 0.1) is 30.7 Å². The number of halogens is 1. The van der Waals surface area contributed by atoms with Crippen molar-refractivity contribution >= 4 is 53.6 Å². The molecule has 490 valence electrons. The normalized spacial score (nSPS) is 20.9. The Bertz CT molecular complexity index is 2690. The van der Waals surface area contributed by atoms with E-state index in [9.17, 15) is 54.5 Å². The molecule has 1 fully saturated rings. The maximum Gasteiger partial charge on any atom is 0.328 e. The van der Waals surface area contributed by atoms with Gasteiger partial charge in [-0.1, -0.05) is 167 Å². The maximum atomic E-state index is 15.3. The standard InChI is InChI=1S/C64H95N7O16.ClH/c1-6-8-10-12-14-16-18-20-25-29-52(73)68-55(63(80)81)54-43-37-49(59(84-5)50(38-43)86-64-56(58(76)57(75)51(39-72)87-64)69-53(74)30-26-21-19-17-15-13-11-9-7-2)85-48-32-31-42(36-47(48)71(82)83)35-46(66-60(77)44(65)33-40(3)4)61(78)67-45(62(79)70-54)34-41-27-23-22-24-28-41;/h22-24,27-28,31-32,36-38,40,44-46,51,54-58,64,72,75-76H,6-21,25-26,29-30,33-35,39,65H2,1-5H3,(H,66,77)(H,67,78)(H,68,73)(H,69,74)(H,70,79)(H,80,81);1H/t44-,45-,46+,51-,54-,55-,56-,57-,58-,64-;/m1./s1. The topological polar surface area (TPSA) is 350 Å². The van der Waals surface area contributed by atoms with E-state index in [1.165, 1.54) is 44.2 Å². The minimum atomic E-state index is -2.00. The second kappa shape index (κ2) is 38.7. The van der Waals surface area contributed by atoms with Gasteiger partial charge in [-0.25, -0.2) is 4.79 Å². The second-order valence-corrected chi connectivity index (χ2v) is 23.4. The Balaban J connectivity index is 0.0000166. The number of fused-ring (bicyclic) bond motifs is 9. The van der Waals surface area contributed by atoms with E-state index >= 15 is 4.79 Å². The third-order valence-corrected chi connectivity index (χ3v) is 15.8. The number of hydrogen-bond acceptors (Lipinski definition) is 16. The third-order valence-electron chi connectivity index (χ3n) is 15.8. The molecule has 1 saturated heterocycles. The first-order chi connectivity index (χ1) is 41.8. The molecule has 0 aromatic heterocycles. The van der Waals surface area contributed by atoms with Crippen LogP contribution in [0.25, 0.3) is 0 Å². The molecule has 3 aromatic carbocycles. The summed E-state index contributed by atoms with van der Waals surface area (Å²) in [5, 5.41) is 70.9. The smallest absolute Gasteiger partial charge is 0.328 e. The summed E-state index contributed by atoms with van der Waals surface area (Å²) in [5.74, 6) is -6.89. The van der Waals surface area contributed by atoms with Crippen LogP contribution < -0.4 is 46.5 Å². The predicted octanol–water partition coefficient (Wildman–Crippen LogP) is 7.83. The molecule has 24 heteroatoms. The lowest BCUT2D eigenvalue weighted by atomic mass is 9.95. The molecule has 88 heavy (non-hydrogen) atoms. The molecule has 6 rings (SSSR count). The molecule has 0 radical (unpaired) electrons. The van der Waals surface area contributed by atoms with Crippen molar-refractivity contribution in [3.63, 3.8) is 0 Å². The van der Waals surface area contributed by atoms with Crippen molar-refractivity contribution < 1.29 is 73.1 Å². The van der Waals surface area contributed by atoms with Crippen LogP contribution in [-0.4, -0.2) is 129 Å². The molecule has 23 nitrogen and oxygen atoms in total. The molecule has 3 heterocycles. The molecule has 3 aliphatic rings. The number of nitrogens with one attached hydrogen (secondary N) is 5. The van der Waals surface area contributed by atoms with Gasteiger partial charge in [-0.3, -0.25) is 34.1 Å². The van der Waals surface area contributed by atoms with Crippen LogP contribution >= 0.6 is 12.4 Å². The van der Waals surface area contributed by atoms with Gasteiger partial charge < -0.3 is 71.7 Å². The van der Waals surface area contributed by atoms with Gasteiger partial charge in [-0.2, -0.15) is 0 Å². The summed E-state index contributed by atoms with van der Waals surface area (Å²) in [6, 6.07) is 5.35. The van der Waals surface area contributed by atoms with Crippen molar-refractivity contribution in [1.82, 2.24) is 26.6 Å². The number of aliphatic hydroxyl groups is 3. The van der Waals surface area contributed by atoms with E-state index in [4.69, 9.17) is 24.7 Å². The van der Waals surface area contributed by atoms with E-state index in [-0.39, 0.29) is 78.8 Å². The number of amides is 5. The first-order valence-corrected chi connectivity index (χ1v) is 31.3. The summed E-state index contributed by atoms with van der Waals surface area (Å²) in [6.45, 7) is 7.20. The molecule has 0 unspecified atom stereocenters. The van der Waals surface area contributed by atoms with Crippen LogP contribution in [0.1, 0.15) is 185 Å². The number of nitro benzene ring substituents is 1. The van der Waals surface area contributed by atoms with Crippen molar-refractivity contribution in [3.8, 4) is 23.0 Å². The Morgan fingerprint density at radius 3 is 1.92 bits per heavy atom. The molecule has 3 aliphatic heterocycles. The van der Waals surface area contributed by atoms with Gasteiger partial charge in [0.2, 0.25) is 47.3 Å². The number of carboxylic acid groups (broad SMARTS) is 1. The van der Waals surface area contributed by atoms with Gasteiger partial charge >= 0.3 is 11.7 Å². The Kier molecular flexibility index (Phi) is 32.5. The van der Waals surface area contributed by atoms with Crippen LogP contribution in [0.5, 0.6) is 23.0 Å². The highest BCUT2D eigenvalue weighted by Crippen LogP contribution is 2.46. The summed E-state index contributed by atoms with van der Waals surface area (Å²) in [6.07, 6.45) is 10.3. The number of nitro groups is 1. The number of benzene rings is 3.